The van der Waals surface area contributed by atoms with Crippen LogP contribution in [-0.4, -0.2) is 23.2 Å². The normalized spacial score (nSPS) is 14.8. The van der Waals surface area contributed by atoms with Crippen molar-refractivity contribution >= 4 is 61.9 Å². The summed E-state index contributed by atoms with van der Waals surface area (Å²) >= 11 is 6.98. The fourth-order valence-corrected chi connectivity index (χ4v) is 7.61. The van der Waals surface area contributed by atoms with Crippen molar-refractivity contribution in [3.05, 3.63) is 122 Å². The van der Waals surface area contributed by atoms with Gasteiger partial charge in [0.05, 0.1) is 32.1 Å². The molecule has 0 N–H and O–H groups in total. The Balaban J connectivity index is 1.67. The van der Waals surface area contributed by atoms with Crippen LogP contribution in [0.1, 0.15) is 50.4 Å². The lowest BCUT2D eigenvalue weighted by molar-refractivity contribution is -0.139. The molecule has 0 radical (unpaired) electrons. The molecule has 1 aliphatic rings. The predicted octanol–water partition coefficient (Wildman–Crippen LogP) is 6.67. The highest BCUT2D eigenvalue weighted by Gasteiger charge is 2.35. The largest absolute Gasteiger partial charge is 0.491 e. The summed E-state index contributed by atoms with van der Waals surface area (Å²) in [6.45, 7) is 7.73. The lowest BCUT2D eigenvalue weighted by atomic mass is 9.95. The SMILES string of the molecule is CCOC(=O)C1=C(C)N=c2s/c(=C\c3cc(Br)cc(I)c3OCc3ccc(F)cc3)c(=O)n2[C@@H]1c1ccccc1OC(C)C. The van der Waals surface area contributed by atoms with Gasteiger partial charge in [-0.05, 0) is 92.3 Å². The maximum absolute atomic E-state index is 14.2. The number of aromatic nitrogens is 1. The summed E-state index contributed by atoms with van der Waals surface area (Å²) in [5, 5.41) is 0. The molecule has 5 rings (SSSR count). The van der Waals surface area contributed by atoms with Gasteiger partial charge in [-0.15, -0.1) is 0 Å². The molecule has 0 bridgehead atoms. The Morgan fingerprint density at radius 1 is 1.18 bits per heavy atom. The van der Waals surface area contributed by atoms with Crippen LogP contribution in [0, 0.1) is 9.39 Å². The van der Waals surface area contributed by atoms with E-state index in [0.717, 1.165) is 13.6 Å². The molecule has 0 aliphatic carbocycles. The Kier molecular flexibility index (Phi) is 10.1. The highest BCUT2D eigenvalue weighted by molar-refractivity contribution is 14.1. The van der Waals surface area contributed by atoms with Crippen molar-refractivity contribution in [3.8, 4) is 11.5 Å². The number of allylic oxidation sites excluding steroid dienone is 1. The van der Waals surface area contributed by atoms with Crippen LogP contribution in [0.15, 0.2) is 86.2 Å². The summed E-state index contributed by atoms with van der Waals surface area (Å²) in [5.74, 6) is 0.294. The van der Waals surface area contributed by atoms with Gasteiger partial charge in [-0.3, -0.25) is 9.36 Å². The summed E-state index contributed by atoms with van der Waals surface area (Å²) in [7, 11) is 0. The molecule has 0 unspecified atom stereocenters. The van der Waals surface area contributed by atoms with Crippen molar-refractivity contribution in [3.63, 3.8) is 0 Å². The molecular weight excluding hydrogens is 762 g/mol. The molecule has 0 saturated carbocycles. The standard InChI is InChI=1S/C33H29BrFIN2O5S/c1-5-41-32(40)28-19(4)37-33-38(29(28)24-8-6-7-9-26(24)43-18(2)3)31(39)27(44-33)15-21-14-22(34)16-25(36)30(21)42-17-20-10-12-23(35)13-11-20/h6-16,18,29H,5,17H2,1-4H3/b27-15-/t29-/m1/s1. The van der Waals surface area contributed by atoms with Gasteiger partial charge in [-0.2, -0.15) is 0 Å². The molecule has 0 spiro atoms. The van der Waals surface area contributed by atoms with Crippen LogP contribution in [0.25, 0.3) is 6.08 Å². The van der Waals surface area contributed by atoms with Crippen molar-refractivity contribution < 1.29 is 23.4 Å². The maximum atomic E-state index is 14.2. The third kappa shape index (κ3) is 6.84. The molecule has 0 amide bonds. The second-order valence-electron chi connectivity index (χ2n) is 10.2. The molecular formula is C33H29BrFIN2O5S. The molecule has 44 heavy (non-hydrogen) atoms. The van der Waals surface area contributed by atoms with E-state index in [1.807, 2.05) is 50.2 Å². The highest BCUT2D eigenvalue weighted by atomic mass is 127. The summed E-state index contributed by atoms with van der Waals surface area (Å²) < 4.78 is 34.8. The van der Waals surface area contributed by atoms with Gasteiger partial charge in [0.25, 0.3) is 5.56 Å². The van der Waals surface area contributed by atoms with Gasteiger partial charge in [0.15, 0.2) is 4.80 Å². The molecule has 7 nitrogen and oxygen atoms in total. The van der Waals surface area contributed by atoms with E-state index < -0.39 is 12.0 Å². The topological polar surface area (TPSA) is 79.1 Å². The average Bonchev–Trinajstić information content (AvgIpc) is 3.26. The average molecular weight is 791 g/mol. The minimum atomic E-state index is -0.806. The molecule has 0 fully saturated rings. The third-order valence-corrected chi connectivity index (χ3v) is 8.96. The number of ether oxygens (including phenoxy) is 3. The van der Waals surface area contributed by atoms with Gasteiger partial charge in [0.1, 0.15) is 30.0 Å². The van der Waals surface area contributed by atoms with E-state index >= 15 is 0 Å². The summed E-state index contributed by atoms with van der Waals surface area (Å²) in [4.78, 5) is 32.7. The van der Waals surface area contributed by atoms with Crippen LogP contribution in [0.2, 0.25) is 0 Å². The molecule has 2 heterocycles. The number of para-hydroxylation sites is 1. The van der Waals surface area contributed by atoms with Gasteiger partial charge in [0, 0.05) is 15.6 Å². The number of hydrogen-bond acceptors (Lipinski definition) is 7. The lowest BCUT2D eigenvalue weighted by Gasteiger charge is -2.26. The fourth-order valence-electron chi connectivity index (χ4n) is 4.87. The Morgan fingerprint density at radius 3 is 2.61 bits per heavy atom. The first kappa shape index (κ1) is 32.1. The maximum Gasteiger partial charge on any atom is 0.338 e. The molecule has 1 aliphatic heterocycles. The van der Waals surface area contributed by atoms with E-state index in [4.69, 9.17) is 14.2 Å². The van der Waals surface area contributed by atoms with Crippen LogP contribution in [0.5, 0.6) is 11.5 Å². The second kappa shape index (κ2) is 13.8. The summed E-state index contributed by atoms with van der Waals surface area (Å²) in [5.41, 5.74) is 2.59. The summed E-state index contributed by atoms with van der Waals surface area (Å²) in [6.07, 6.45) is 1.64. The number of rotatable bonds is 9. The molecule has 4 aromatic rings. The van der Waals surface area contributed by atoms with E-state index in [0.29, 0.717) is 37.7 Å². The number of esters is 1. The Morgan fingerprint density at radius 2 is 1.91 bits per heavy atom. The van der Waals surface area contributed by atoms with E-state index in [2.05, 4.69) is 43.5 Å². The Bertz CT molecular complexity index is 1930. The van der Waals surface area contributed by atoms with Crippen molar-refractivity contribution in [2.24, 2.45) is 4.99 Å². The monoisotopic (exact) mass is 790 g/mol. The lowest BCUT2D eigenvalue weighted by Crippen LogP contribution is -2.40. The number of fused-ring (bicyclic) bond motifs is 1. The van der Waals surface area contributed by atoms with Crippen LogP contribution < -0.4 is 24.4 Å². The van der Waals surface area contributed by atoms with Gasteiger partial charge < -0.3 is 14.2 Å². The number of carbonyl (C=O) groups excluding carboxylic acids is 1. The summed E-state index contributed by atoms with van der Waals surface area (Å²) in [6, 6.07) is 16.5. The number of nitrogens with zero attached hydrogens (tertiary/aromatic N) is 2. The van der Waals surface area contributed by atoms with E-state index in [1.54, 1.807) is 36.6 Å². The quantitative estimate of drug-likeness (QED) is 0.140. The molecule has 1 atom stereocenters. The van der Waals surface area contributed by atoms with Crippen LogP contribution in [0.3, 0.4) is 0 Å². The Labute approximate surface area is 280 Å². The Hall–Kier alpha value is -3.29. The number of thiazole rings is 1. The zero-order valence-electron chi connectivity index (χ0n) is 24.4. The predicted molar refractivity (Wildman–Crippen MR) is 180 cm³/mol. The van der Waals surface area contributed by atoms with E-state index in [-0.39, 0.29) is 36.3 Å². The third-order valence-electron chi connectivity index (χ3n) is 6.71. The van der Waals surface area contributed by atoms with E-state index in [9.17, 15) is 14.0 Å². The number of benzene rings is 3. The highest BCUT2D eigenvalue weighted by Crippen LogP contribution is 2.36. The fraction of sp³-hybridized carbons (Fsp3) is 0.242. The number of hydrogen-bond donors (Lipinski definition) is 0. The van der Waals surface area contributed by atoms with Crippen LogP contribution in [0.4, 0.5) is 4.39 Å². The van der Waals surface area contributed by atoms with Gasteiger partial charge in [0.2, 0.25) is 0 Å². The van der Waals surface area contributed by atoms with Gasteiger partial charge in [-0.25, -0.2) is 14.2 Å². The molecule has 0 saturated heterocycles. The molecule has 228 valence electrons. The van der Waals surface area contributed by atoms with E-state index in [1.165, 1.54) is 23.5 Å². The van der Waals surface area contributed by atoms with Crippen molar-refractivity contribution in [2.75, 3.05) is 6.61 Å². The molecule has 11 heteroatoms. The van der Waals surface area contributed by atoms with Gasteiger partial charge >= 0.3 is 5.97 Å². The minimum absolute atomic E-state index is 0.129. The first-order valence-corrected chi connectivity index (χ1v) is 16.6. The van der Waals surface area contributed by atoms with Crippen LogP contribution >= 0.6 is 49.9 Å². The van der Waals surface area contributed by atoms with Crippen molar-refractivity contribution in [1.29, 1.82) is 0 Å². The number of carbonyl (C=O) groups is 1. The second-order valence-corrected chi connectivity index (χ2v) is 13.3. The molecule has 1 aromatic heterocycles. The van der Waals surface area contributed by atoms with Crippen LogP contribution in [-0.2, 0) is 16.1 Å². The van der Waals surface area contributed by atoms with Crippen molar-refractivity contribution in [2.45, 2.75) is 46.4 Å². The number of halogens is 3. The smallest absolute Gasteiger partial charge is 0.338 e. The zero-order valence-corrected chi connectivity index (χ0v) is 29.0. The zero-order chi connectivity index (χ0) is 31.5. The first-order valence-electron chi connectivity index (χ1n) is 13.9. The minimum Gasteiger partial charge on any atom is -0.491 e. The van der Waals surface area contributed by atoms with Gasteiger partial charge in [-0.1, -0.05) is 57.6 Å². The van der Waals surface area contributed by atoms with Crippen molar-refractivity contribution in [1.82, 2.24) is 4.57 Å². The molecule has 3 aromatic carbocycles. The first-order chi connectivity index (χ1) is 21.1.